The van der Waals surface area contributed by atoms with Gasteiger partial charge in [-0.3, -0.25) is 0 Å². The minimum Gasteiger partial charge on any atom is -0.388 e. The Hall–Kier alpha value is -0.200. The SMILES string of the molecule is CCCCCO[C@@H]1OC(C)[C@H](O)[C@H](O)C1O. The molecule has 3 N–H and O–H groups in total. The molecule has 0 saturated carbocycles. The lowest BCUT2D eigenvalue weighted by Crippen LogP contribution is -2.57. The predicted molar refractivity (Wildman–Crippen MR) is 57.8 cm³/mol. The molecule has 16 heavy (non-hydrogen) atoms. The van der Waals surface area contributed by atoms with Gasteiger partial charge in [0, 0.05) is 6.61 Å². The first kappa shape index (κ1) is 13.9. The van der Waals surface area contributed by atoms with Gasteiger partial charge in [-0.15, -0.1) is 0 Å². The number of aliphatic hydroxyl groups is 3. The number of hydrogen-bond acceptors (Lipinski definition) is 5. The van der Waals surface area contributed by atoms with Crippen LogP contribution in [0, 0.1) is 0 Å². The summed E-state index contributed by atoms with van der Waals surface area (Å²) in [5, 5.41) is 28.6. The van der Waals surface area contributed by atoms with Crippen LogP contribution in [0.15, 0.2) is 0 Å². The van der Waals surface area contributed by atoms with Crippen molar-refractivity contribution in [1.82, 2.24) is 0 Å². The lowest BCUT2D eigenvalue weighted by Gasteiger charge is -2.38. The molecule has 0 amide bonds. The van der Waals surface area contributed by atoms with E-state index in [1.807, 2.05) is 0 Å². The zero-order chi connectivity index (χ0) is 12.1. The number of aliphatic hydroxyl groups excluding tert-OH is 3. The maximum Gasteiger partial charge on any atom is 0.186 e. The van der Waals surface area contributed by atoms with Gasteiger partial charge >= 0.3 is 0 Å². The molecule has 5 atom stereocenters. The molecule has 1 aliphatic rings. The average Bonchev–Trinajstić information content (AvgIpc) is 2.28. The summed E-state index contributed by atoms with van der Waals surface area (Å²) in [5.74, 6) is 0. The van der Waals surface area contributed by atoms with Crippen LogP contribution >= 0.6 is 0 Å². The van der Waals surface area contributed by atoms with Crippen LogP contribution in [-0.2, 0) is 9.47 Å². The standard InChI is InChI=1S/C11H22O5/c1-3-4-5-6-15-11-10(14)9(13)8(12)7(2)16-11/h7-14H,3-6H2,1-2H3/t7?,8-,9-,10?,11+/m0/s1. The van der Waals surface area contributed by atoms with Crippen LogP contribution in [0.25, 0.3) is 0 Å². The van der Waals surface area contributed by atoms with Crippen molar-refractivity contribution >= 4 is 0 Å². The minimum atomic E-state index is -1.21. The monoisotopic (exact) mass is 234 g/mol. The van der Waals surface area contributed by atoms with Crippen LogP contribution in [0.2, 0.25) is 0 Å². The zero-order valence-corrected chi connectivity index (χ0v) is 9.87. The lowest BCUT2D eigenvalue weighted by atomic mass is 10.0. The number of ether oxygens (including phenoxy) is 2. The highest BCUT2D eigenvalue weighted by Gasteiger charge is 2.42. The summed E-state index contributed by atoms with van der Waals surface area (Å²) in [6.07, 6.45) is -1.78. The number of rotatable bonds is 5. The maximum atomic E-state index is 9.62. The van der Waals surface area contributed by atoms with Crippen LogP contribution in [0.3, 0.4) is 0 Å². The molecule has 1 saturated heterocycles. The van der Waals surface area contributed by atoms with Crippen molar-refractivity contribution in [3.63, 3.8) is 0 Å². The van der Waals surface area contributed by atoms with Gasteiger partial charge in [0.05, 0.1) is 6.10 Å². The molecule has 1 aliphatic heterocycles. The third-order valence-corrected chi connectivity index (χ3v) is 2.84. The van der Waals surface area contributed by atoms with E-state index in [1.165, 1.54) is 0 Å². The largest absolute Gasteiger partial charge is 0.388 e. The van der Waals surface area contributed by atoms with E-state index in [2.05, 4.69) is 6.92 Å². The average molecular weight is 234 g/mol. The van der Waals surface area contributed by atoms with E-state index in [-0.39, 0.29) is 0 Å². The molecular formula is C11H22O5. The third-order valence-electron chi connectivity index (χ3n) is 2.84. The van der Waals surface area contributed by atoms with Crippen molar-refractivity contribution in [1.29, 1.82) is 0 Å². The Balaban J connectivity index is 2.35. The Kier molecular flexibility index (Phi) is 5.64. The van der Waals surface area contributed by atoms with Gasteiger partial charge in [0.15, 0.2) is 6.29 Å². The Labute approximate surface area is 96.0 Å². The second-order valence-corrected chi connectivity index (χ2v) is 4.26. The van der Waals surface area contributed by atoms with Crippen LogP contribution in [-0.4, -0.2) is 52.6 Å². The smallest absolute Gasteiger partial charge is 0.186 e. The topological polar surface area (TPSA) is 79.2 Å². The molecule has 96 valence electrons. The molecule has 0 aliphatic carbocycles. The van der Waals surface area contributed by atoms with E-state index in [0.29, 0.717) is 6.61 Å². The molecule has 1 fully saturated rings. The molecule has 5 heteroatoms. The summed E-state index contributed by atoms with van der Waals surface area (Å²) in [5.41, 5.74) is 0. The summed E-state index contributed by atoms with van der Waals surface area (Å²) < 4.78 is 10.6. The van der Waals surface area contributed by atoms with Gasteiger partial charge in [0.1, 0.15) is 18.3 Å². The highest BCUT2D eigenvalue weighted by atomic mass is 16.7. The third kappa shape index (κ3) is 3.40. The normalized spacial score (nSPS) is 39.9. The lowest BCUT2D eigenvalue weighted by molar-refractivity contribution is -0.293. The van der Waals surface area contributed by atoms with Crippen molar-refractivity contribution in [3.8, 4) is 0 Å². The Bertz CT molecular complexity index is 199. The van der Waals surface area contributed by atoms with E-state index in [9.17, 15) is 15.3 Å². The molecule has 0 bridgehead atoms. The van der Waals surface area contributed by atoms with Crippen molar-refractivity contribution in [2.24, 2.45) is 0 Å². The van der Waals surface area contributed by atoms with Crippen molar-refractivity contribution in [2.45, 2.75) is 63.8 Å². The van der Waals surface area contributed by atoms with Gasteiger partial charge in [-0.2, -0.15) is 0 Å². The van der Waals surface area contributed by atoms with E-state index < -0.39 is 30.7 Å². The van der Waals surface area contributed by atoms with Crippen LogP contribution in [0.5, 0.6) is 0 Å². The second-order valence-electron chi connectivity index (χ2n) is 4.26. The molecule has 0 aromatic carbocycles. The van der Waals surface area contributed by atoms with Crippen molar-refractivity contribution < 1.29 is 24.8 Å². The van der Waals surface area contributed by atoms with Crippen molar-refractivity contribution in [3.05, 3.63) is 0 Å². The van der Waals surface area contributed by atoms with E-state index in [1.54, 1.807) is 6.92 Å². The summed E-state index contributed by atoms with van der Waals surface area (Å²) in [7, 11) is 0. The van der Waals surface area contributed by atoms with E-state index in [4.69, 9.17) is 9.47 Å². The Morgan fingerprint density at radius 2 is 1.75 bits per heavy atom. The fourth-order valence-electron chi connectivity index (χ4n) is 1.70. The highest BCUT2D eigenvalue weighted by molar-refractivity contribution is 4.87. The van der Waals surface area contributed by atoms with Crippen LogP contribution < -0.4 is 0 Å². The minimum absolute atomic E-state index is 0.491. The molecule has 0 aromatic heterocycles. The quantitative estimate of drug-likeness (QED) is 0.584. The molecule has 2 unspecified atom stereocenters. The van der Waals surface area contributed by atoms with Crippen LogP contribution in [0.4, 0.5) is 0 Å². The van der Waals surface area contributed by atoms with Gasteiger partial charge in [-0.1, -0.05) is 19.8 Å². The van der Waals surface area contributed by atoms with E-state index >= 15 is 0 Å². The fourth-order valence-corrected chi connectivity index (χ4v) is 1.70. The van der Waals surface area contributed by atoms with Gasteiger partial charge in [-0.25, -0.2) is 0 Å². The molecule has 0 aromatic rings. The first-order chi connectivity index (χ1) is 7.57. The fraction of sp³-hybridized carbons (Fsp3) is 1.00. The Morgan fingerprint density at radius 3 is 2.38 bits per heavy atom. The van der Waals surface area contributed by atoms with Crippen molar-refractivity contribution in [2.75, 3.05) is 6.61 Å². The number of unbranched alkanes of at least 4 members (excludes halogenated alkanes) is 2. The molecule has 0 radical (unpaired) electrons. The molecule has 1 rings (SSSR count). The van der Waals surface area contributed by atoms with Gasteiger partial charge in [0.25, 0.3) is 0 Å². The molecule has 0 spiro atoms. The molecule has 1 heterocycles. The maximum absolute atomic E-state index is 9.62. The van der Waals surface area contributed by atoms with Gasteiger partial charge in [-0.05, 0) is 13.3 Å². The van der Waals surface area contributed by atoms with E-state index in [0.717, 1.165) is 19.3 Å². The number of hydrogen-bond donors (Lipinski definition) is 3. The molecule has 5 nitrogen and oxygen atoms in total. The zero-order valence-electron chi connectivity index (χ0n) is 9.87. The van der Waals surface area contributed by atoms with Gasteiger partial charge < -0.3 is 24.8 Å². The highest BCUT2D eigenvalue weighted by Crippen LogP contribution is 2.21. The first-order valence-electron chi connectivity index (χ1n) is 5.89. The summed E-state index contributed by atoms with van der Waals surface area (Å²) >= 11 is 0. The summed E-state index contributed by atoms with van der Waals surface area (Å²) in [4.78, 5) is 0. The predicted octanol–water partition coefficient (Wildman–Crippen LogP) is 0.0207. The van der Waals surface area contributed by atoms with Crippen LogP contribution in [0.1, 0.15) is 33.1 Å². The second kappa shape index (κ2) is 6.51. The summed E-state index contributed by atoms with van der Waals surface area (Å²) in [6.45, 7) is 4.22. The Morgan fingerprint density at radius 1 is 1.06 bits per heavy atom. The summed E-state index contributed by atoms with van der Waals surface area (Å²) in [6, 6.07) is 0. The molecular weight excluding hydrogens is 212 g/mol. The van der Waals surface area contributed by atoms with Gasteiger partial charge in [0.2, 0.25) is 0 Å². The first-order valence-corrected chi connectivity index (χ1v) is 5.89.